The molecule has 0 saturated carbocycles. The van der Waals surface area contributed by atoms with Crippen molar-refractivity contribution in [1.29, 1.82) is 0 Å². The number of hydrogen-bond acceptors (Lipinski definition) is 4. The van der Waals surface area contributed by atoms with Crippen molar-refractivity contribution in [3.63, 3.8) is 0 Å². The minimum Gasteiger partial charge on any atom is -0.465 e. The van der Waals surface area contributed by atoms with Crippen LogP contribution >= 0.6 is 0 Å². The lowest BCUT2D eigenvalue weighted by Gasteiger charge is -2.22. The second-order valence-corrected chi connectivity index (χ2v) is 4.55. The molecule has 5 nitrogen and oxygen atoms in total. The van der Waals surface area contributed by atoms with Crippen molar-refractivity contribution in [2.75, 3.05) is 19.7 Å². The summed E-state index contributed by atoms with van der Waals surface area (Å²) in [5.41, 5.74) is 0. The third-order valence-electron chi connectivity index (χ3n) is 2.99. The number of nitrogens with one attached hydrogen (secondary N) is 2. The molecule has 1 amide bonds. The van der Waals surface area contributed by atoms with Crippen molar-refractivity contribution in [3.8, 4) is 0 Å². The Morgan fingerprint density at radius 1 is 1.50 bits per heavy atom. The molecule has 1 aromatic heterocycles. The molecule has 2 rings (SSSR count). The molecule has 1 fully saturated rings. The van der Waals surface area contributed by atoms with Crippen molar-refractivity contribution >= 4 is 5.91 Å². The van der Waals surface area contributed by atoms with Gasteiger partial charge in [0, 0.05) is 0 Å². The molecule has 2 heterocycles. The van der Waals surface area contributed by atoms with Crippen molar-refractivity contribution in [3.05, 3.63) is 23.7 Å². The Balaban J connectivity index is 1.62. The van der Waals surface area contributed by atoms with E-state index in [1.165, 1.54) is 0 Å². The summed E-state index contributed by atoms with van der Waals surface area (Å²) in [6, 6.07) is 3.75. The second kappa shape index (κ2) is 6.56. The van der Waals surface area contributed by atoms with Gasteiger partial charge in [0.25, 0.3) is 0 Å². The first-order valence-electron chi connectivity index (χ1n) is 6.38. The lowest BCUT2D eigenvalue weighted by molar-refractivity contribution is -0.128. The number of carbonyl (C=O) groups is 1. The first kappa shape index (κ1) is 13.1. The Labute approximate surface area is 107 Å². The zero-order valence-electron chi connectivity index (χ0n) is 10.7. The number of aryl methyl sites for hydroxylation is 1. The van der Waals surface area contributed by atoms with Crippen LogP contribution in [-0.2, 0) is 16.1 Å². The molecule has 1 saturated heterocycles. The van der Waals surface area contributed by atoms with Gasteiger partial charge in [-0.05, 0) is 45.0 Å². The molecule has 0 aromatic carbocycles. The summed E-state index contributed by atoms with van der Waals surface area (Å²) in [7, 11) is 0. The Kier molecular flexibility index (Phi) is 4.78. The van der Waals surface area contributed by atoms with E-state index in [4.69, 9.17) is 9.15 Å². The molecule has 0 aliphatic carbocycles. The van der Waals surface area contributed by atoms with Gasteiger partial charge in [0.1, 0.15) is 18.1 Å². The fourth-order valence-corrected chi connectivity index (χ4v) is 1.97. The summed E-state index contributed by atoms with van der Waals surface area (Å²) in [6.07, 6.45) is 2.16. The molecule has 1 aliphatic rings. The lowest BCUT2D eigenvalue weighted by Crippen LogP contribution is -2.35. The SMILES string of the molecule is Cc1ccc(CNC(=O)COC2CCNCC2)o1. The molecule has 18 heavy (non-hydrogen) atoms. The van der Waals surface area contributed by atoms with E-state index in [1.807, 2.05) is 19.1 Å². The van der Waals surface area contributed by atoms with Crippen molar-refractivity contribution in [2.45, 2.75) is 32.4 Å². The normalized spacial score (nSPS) is 16.7. The Morgan fingerprint density at radius 2 is 2.28 bits per heavy atom. The van der Waals surface area contributed by atoms with E-state index in [2.05, 4.69) is 10.6 Å². The topological polar surface area (TPSA) is 63.5 Å². The maximum Gasteiger partial charge on any atom is 0.246 e. The predicted molar refractivity (Wildman–Crippen MR) is 67.1 cm³/mol. The van der Waals surface area contributed by atoms with Crippen LogP contribution in [0.3, 0.4) is 0 Å². The van der Waals surface area contributed by atoms with Gasteiger partial charge < -0.3 is 19.8 Å². The van der Waals surface area contributed by atoms with Crippen LogP contribution in [0.5, 0.6) is 0 Å². The summed E-state index contributed by atoms with van der Waals surface area (Å²) in [4.78, 5) is 11.6. The zero-order valence-corrected chi connectivity index (χ0v) is 10.7. The maximum atomic E-state index is 11.6. The maximum absolute atomic E-state index is 11.6. The Bertz CT molecular complexity index is 383. The van der Waals surface area contributed by atoms with Gasteiger partial charge in [0.2, 0.25) is 5.91 Å². The smallest absolute Gasteiger partial charge is 0.246 e. The number of hydrogen-bond donors (Lipinski definition) is 2. The highest BCUT2D eigenvalue weighted by Gasteiger charge is 2.14. The molecule has 1 aliphatic heterocycles. The molecule has 0 spiro atoms. The predicted octanol–water partition coefficient (Wildman–Crippen LogP) is 0.973. The van der Waals surface area contributed by atoms with E-state index in [1.54, 1.807) is 0 Å². The first-order chi connectivity index (χ1) is 8.74. The lowest BCUT2D eigenvalue weighted by atomic mass is 10.1. The minimum absolute atomic E-state index is 0.0948. The molecule has 1 aromatic rings. The third kappa shape index (κ3) is 4.16. The largest absolute Gasteiger partial charge is 0.465 e. The highest BCUT2D eigenvalue weighted by molar-refractivity contribution is 5.77. The first-order valence-corrected chi connectivity index (χ1v) is 6.38. The van der Waals surface area contributed by atoms with Gasteiger partial charge in [-0.15, -0.1) is 0 Å². The van der Waals surface area contributed by atoms with Gasteiger partial charge in [-0.3, -0.25) is 4.79 Å². The van der Waals surface area contributed by atoms with E-state index >= 15 is 0 Å². The molecular formula is C13H20N2O3. The van der Waals surface area contributed by atoms with E-state index in [9.17, 15) is 4.79 Å². The van der Waals surface area contributed by atoms with E-state index in [0.717, 1.165) is 37.5 Å². The molecule has 5 heteroatoms. The van der Waals surface area contributed by atoms with Crippen molar-refractivity contribution in [2.24, 2.45) is 0 Å². The quantitative estimate of drug-likeness (QED) is 0.819. The fraction of sp³-hybridized carbons (Fsp3) is 0.615. The van der Waals surface area contributed by atoms with Crippen LogP contribution < -0.4 is 10.6 Å². The Hall–Kier alpha value is -1.33. The van der Waals surface area contributed by atoms with E-state index in [-0.39, 0.29) is 18.6 Å². The number of furan rings is 1. The molecule has 2 N–H and O–H groups in total. The summed E-state index contributed by atoms with van der Waals surface area (Å²) >= 11 is 0. The van der Waals surface area contributed by atoms with Crippen LogP contribution in [0, 0.1) is 6.92 Å². The summed E-state index contributed by atoms with van der Waals surface area (Å²) < 4.78 is 10.9. The monoisotopic (exact) mass is 252 g/mol. The average Bonchev–Trinajstić information content (AvgIpc) is 2.81. The van der Waals surface area contributed by atoms with Crippen molar-refractivity contribution in [1.82, 2.24) is 10.6 Å². The molecule has 0 bridgehead atoms. The summed E-state index contributed by atoms with van der Waals surface area (Å²) in [5.74, 6) is 1.52. The van der Waals surface area contributed by atoms with Crippen LogP contribution in [-0.4, -0.2) is 31.7 Å². The van der Waals surface area contributed by atoms with Gasteiger partial charge in [0.05, 0.1) is 12.6 Å². The number of rotatable bonds is 5. The summed E-state index contributed by atoms with van der Waals surface area (Å²) in [6.45, 7) is 4.37. The number of amides is 1. The standard InChI is InChI=1S/C13H20N2O3/c1-10-2-3-12(18-10)8-15-13(16)9-17-11-4-6-14-7-5-11/h2-3,11,14H,4-9H2,1H3,(H,15,16). The van der Waals surface area contributed by atoms with E-state index < -0.39 is 0 Å². The molecule has 0 atom stereocenters. The number of piperidine rings is 1. The zero-order chi connectivity index (χ0) is 12.8. The van der Waals surface area contributed by atoms with Gasteiger partial charge in [0.15, 0.2) is 0 Å². The van der Waals surface area contributed by atoms with Gasteiger partial charge >= 0.3 is 0 Å². The average molecular weight is 252 g/mol. The third-order valence-corrected chi connectivity index (χ3v) is 2.99. The summed E-state index contributed by atoms with van der Waals surface area (Å²) in [5, 5.41) is 6.04. The van der Waals surface area contributed by atoms with Crippen molar-refractivity contribution < 1.29 is 13.9 Å². The second-order valence-electron chi connectivity index (χ2n) is 4.55. The van der Waals surface area contributed by atoms with Crippen LogP contribution in [0.1, 0.15) is 24.4 Å². The fourth-order valence-electron chi connectivity index (χ4n) is 1.97. The molecule has 100 valence electrons. The highest BCUT2D eigenvalue weighted by Crippen LogP contribution is 2.07. The van der Waals surface area contributed by atoms with Crippen LogP contribution in [0.15, 0.2) is 16.5 Å². The number of carbonyl (C=O) groups excluding carboxylic acids is 1. The van der Waals surface area contributed by atoms with Crippen LogP contribution in [0.2, 0.25) is 0 Å². The highest BCUT2D eigenvalue weighted by atomic mass is 16.5. The molecule has 0 radical (unpaired) electrons. The Morgan fingerprint density at radius 3 is 2.94 bits per heavy atom. The van der Waals surface area contributed by atoms with E-state index in [0.29, 0.717) is 6.54 Å². The van der Waals surface area contributed by atoms with Gasteiger partial charge in [-0.25, -0.2) is 0 Å². The van der Waals surface area contributed by atoms with Crippen LogP contribution in [0.25, 0.3) is 0 Å². The number of ether oxygens (including phenoxy) is 1. The van der Waals surface area contributed by atoms with Gasteiger partial charge in [-0.1, -0.05) is 0 Å². The molecular weight excluding hydrogens is 232 g/mol. The minimum atomic E-state index is -0.0948. The molecule has 0 unspecified atom stereocenters. The van der Waals surface area contributed by atoms with Gasteiger partial charge in [-0.2, -0.15) is 0 Å². The van der Waals surface area contributed by atoms with Crippen LogP contribution in [0.4, 0.5) is 0 Å².